The molecule has 22 heavy (non-hydrogen) atoms. The Kier molecular flexibility index (Phi) is 5.64. The van der Waals surface area contributed by atoms with Crippen molar-refractivity contribution in [3.8, 4) is 0 Å². The van der Waals surface area contributed by atoms with Gasteiger partial charge >= 0.3 is 11.9 Å². The van der Waals surface area contributed by atoms with Crippen LogP contribution in [0.4, 0.5) is 0 Å². The molecule has 120 valence electrons. The van der Waals surface area contributed by atoms with Crippen LogP contribution in [0.25, 0.3) is 0 Å². The first kappa shape index (κ1) is 17.2. The van der Waals surface area contributed by atoms with Gasteiger partial charge in [-0.2, -0.15) is 0 Å². The van der Waals surface area contributed by atoms with Gasteiger partial charge in [-0.15, -0.1) is 0 Å². The van der Waals surface area contributed by atoms with Gasteiger partial charge in [0.1, 0.15) is 17.8 Å². The van der Waals surface area contributed by atoms with Crippen LogP contribution in [0, 0.1) is 0 Å². The Bertz CT molecular complexity index is 596. The second kappa shape index (κ2) is 7.22. The average molecular weight is 312 g/mol. The molecule has 0 aromatic carbocycles. The van der Waals surface area contributed by atoms with Crippen LogP contribution in [0.15, 0.2) is 12.1 Å². The molecule has 1 aromatic heterocycles. The van der Waals surface area contributed by atoms with Crippen molar-refractivity contribution in [1.82, 2.24) is 10.3 Å². The maximum absolute atomic E-state index is 11.9. The Balaban J connectivity index is 2.73. The number of nitrogens with two attached hydrogens (primary N) is 2. The molecular formula is C12H16N4O6. The lowest BCUT2D eigenvalue weighted by atomic mass is 10.2. The molecule has 0 radical (unpaired) electrons. The number of aromatic nitrogens is 1. The first-order chi connectivity index (χ1) is 10.2. The molecule has 0 fully saturated rings. The van der Waals surface area contributed by atoms with E-state index >= 15 is 0 Å². The molecule has 0 spiro atoms. The number of carboxylic acids is 2. The average Bonchev–Trinajstić information content (AvgIpc) is 2.85. The van der Waals surface area contributed by atoms with Crippen molar-refractivity contribution in [3.63, 3.8) is 0 Å². The van der Waals surface area contributed by atoms with E-state index in [9.17, 15) is 19.2 Å². The SMILES string of the molecule is NC(=O)CC(NC(=O)c1ccc(CC(N)C(=O)O)[nH]1)C(=O)O. The number of carboxylic acid groups (broad SMARTS) is 2. The highest BCUT2D eigenvalue weighted by Gasteiger charge is 2.23. The van der Waals surface area contributed by atoms with Gasteiger partial charge in [0.2, 0.25) is 5.91 Å². The fourth-order valence-electron chi connectivity index (χ4n) is 1.65. The smallest absolute Gasteiger partial charge is 0.326 e. The highest BCUT2D eigenvalue weighted by molar-refractivity contribution is 5.96. The van der Waals surface area contributed by atoms with E-state index in [0.717, 1.165) is 0 Å². The summed E-state index contributed by atoms with van der Waals surface area (Å²) in [6.07, 6.45) is -0.565. The maximum Gasteiger partial charge on any atom is 0.326 e. The Morgan fingerprint density at radius 3 is 2.32 bits per heavy atom. The highest BCUT2D eigenvalue weighted by atomic mass is 16.4. The van der Waals surface area contributed by atoms with Gasteiger partial charge in [0.05, 0.1) is 6.42 Å². The number of primary amides is 1. The van der Waals surface area contributed by atoms with E-state index < -0.39 is 42.3 Å². The Morgan fingerprint density at radius 1 is 1.18 bits per heavy atom. The molecule has 0 aliphatic rings. The van der Waals surface area contributed by atoms with Crippen molar-refractivity contribution in [1.29, 1.82) is 0 Å². The van der Waals surface area contributed by atoms with Gasteiger partial charge in [-0.1, -0.05) is 0 Å². The molecule has 0 aliphatic heterocycles. The number of aromatic amines is 1. The number of carbonyl (C=O) groups excluding carboxylic acids is 2. The molecule has 0 saturated heterocycles. The summed E-state index contributed by atoms with van der Waals surface area (Å²) in [5.41, 5.74) is 10.7. The molecule has 8 N–H and O–H groups in total. The van der Waals surface area contributed by atoms with Gasteiger partial charge in [-0.05, 0) is 12.1 Å². The maximum atomic E-state index is 11.9. The van der Waals surface area contributed by atoms with E-state index in [-0.39, 0.29) is 12.1 Å². The number of H-pyrrole nitrogens is 1. The molecule has 10 nitrogen and oxygen atoms in total. The van der Waals surface area contributed by atoms with Crippen molar-refractivity contribution in [2.75, 3.05) is 0 Å². The summed E-state index contributed by atoms with van der Waals surface area (Å²) in [4.78, 5) is 46.8. The van der Waals surface area contributed by atoms with Crippen molar-refractivity contribution in [3.05, 3.63) is 23.5 Å². The van der Waals surface area contributed by atoms with Crippen LogP contribution in [0.3, 0.4) is 0 Å². The molecule has 1 rings (SSSR count). The normalized spacial score (nSPS) is 13.1. The Hall–Kier alpha value is -2.88. The topological polar surface area (TPSA) is 189 Å². The largest absolute Gasteiger partial charge is 0.480 e. The molecule has 0 saturated carbocycles. The van der Waals surface area contributed by atoms with E-state index in [2.05, 4.69) is 10.3 Å². The van der Waals surface area contributed by atoms with Crippen molar-refractivity contribution < 1.29 is 29.4 Å². The predicted molar refractivity (Wildman–Crippen MR) is 72.8 cm³/mol. The Morgan fingerprint density at radius 2 is 1.82 bits per heavy atom. The van der Waals surface area contributed by atoms with Gasteiger partial charge in [-0.3, -0.25) is 14.4 Å². The summed E-state index contributed by atoms with van der Waals surface area (Å²) in [6.45, 7) is 0. The third kappa shape index (κ3) is 4.90. The first-order valence-electron chi connectivity index (χ1n) is 6.19. The fraction of sp³-hybridized carbons (Fsp3) is 0.333. The monoisotopic (exact) mass is 312 g/mol. The molecule has 1 heterocycles. The summed E-state index contributed by atoms with van der Waals surface area (Å²) in [7, 11) is 0. The summed E-state index contributed by atoms with van der Waals surface area (Å²) in [6, 6.07) is 0.235. The van der Waals surface area contributed by atoms with Crippen molar-refractivity contribution in [2.45, 2.75) is 24.9 Å². The van der Waals surface area contributed by atoms with Crippen LogP contribution in [-0.4, -0.2) is 51.0 Å². The van der Waals surface area contributed by atoms with Crippen molar-refractivity contribution >= 4 is 23.8 Å². The summed E-state index contributed by atoms with van der Waals surface area (Å²) in [5, 5.41) is 19.7. The number of rotatable bonds is 8. The van der Waals surface area contributed by atoms with Crippen LogP contribution in [-0.2, 0) is 20.8 Å². The lowest BCUT2D eigenvalue weighted by Crippen LogP contribution is -2.43. The number of amides is 2. The second-order valence-electron chi connectivity index (χ2n) is 4.58. The molecule has 2 unspecified atom stereocenters. The summed E-state index contributed by atoms with van der Waals surface area (Å²) in [5.74, 6) is -4.21. The first-order valence-corrected chi connectivity index (χ1v) is 6.19. The van der Waals surface area contributed by atoms with Crippen LogP contribution >= 0.6 is 0 Å². The number of nitrogens with one attached hydrogen (secondary N) is 2. The van der Waals surface area contributed by atoms with Gasteiger partial charge < -0.3 is 32.0 Å². The zero-order chi connectivity index (χ0) is 16.9. The molecule has 2 amide bonds. The molecule has 0 aliphatic carbocycles. The summed E-state index contributed by atoms with van der Waals surface area (Å²) >= 11 is 0. The van der Waals surface area contributed by atoms with Crippen LogP contribution in [0.1, 0.15) is 22.6 Å². The van der Waals surface area contributed by atoms with Gasteiger partial charge in [0, 0.05) is 12.1 Å². The zero-order valence-corrected chi connectivity index (χ0v) is 11.4. The molecule has 1 aromatic rings. The third-order valence-electron chi connectivity index (χ3n) is 2.76. The van der Waals surface area contributed by atoms with E-state index in [4.69, 9.17) is 21.7 Å². The van der Waals surface area contributed by atoms with Crippen LogP contribution in [0.2, 0.25) is 0 Å². The van der Waals surface area contributed by atoms with Gasteiger partial charge in [0.25, 0.3) is 5.91 Å². The number of carbonyl (C=O) groups is 4. The fourth-order valence-corrected chi connectivity index (χ4v) is 1.65. The Labute approximate surface area is 124 Å². The second-order valence-corrected chi connectivity index (χ2v) is 4.58. The van der Waals surface area contributed by atoms with E-state index in [1.807, 2.05) is 0 Å². The lowest BCUT2D eigenvalue weighted by Gasteiger charge is -2.12. The molecule has 2 atom stereocenters. The highest BCUT2D eigenvalue weighted by Crippen LogP contribution is 2.05. The van der Waals surface area contributed by atoms with Crippen LogP contribution < -0.4 is 16.8 Å². The number of hydrogen-bond donors (Lipinski definition) is 6. The standard InChI is InChI=1S/C12H16N4O6/c13-6(11(19)20)3-5-1-2-7(15-5)10(18)16-8(12(21)22)4-9(14)17/h1-2,6,8,15H,3-4,13H2,(H2,14,17)(H,16,18)(H,19,20)(H,21,22). The van der Waals surface area contributed by atoms with Crippen molar-refractivity contribution in [2.24, 2.45) is 11.5 Å². The predicted octanol–water partition coefficient (Wildman–Crippen LogP) is -1.97. The molecular weight excluding hydrogens is 296 g/mol. The minimum Gasteiger partial charge on any atom is -0.480 e. The zero-order valence-electron chi connectivity index (χ0n) is 11.4. The lowest BCUT2D eigenvalue weighted by molar-refractivity contribution is -0.141. The number of aliphatic carboxylic acids is 2. The minimum absolute atomic E-state index is 0.0170. The van der Waals surface area contributed by atoms with Crippen LogP contribution in [0.5, 0.6) is 0 Å². The third-order valence-corrected chi connectivity index (χ3v) is 2.76. The van der Waals surface area contributed by atoms with Gasteiger partial charge in [0.15, 0.2) is 0 Å². The van der Waals surface area contributed by atoms with E-state index in [1.165, 1.54) is 12.1 Å². The van der Waals surface area contributed by atoms with Gasteiger partial charge in [-0.25, -0.2) is 4.79 Å². The minimum atomic E-state index is -1.45. The quantitative estimate of drug-likeness (QED) is 0.321. The van der Waals surface area contributed by atoms with E-state index in [0.29, 0.717) is 5.69 Å². The summed E-state index contributed by atoms with van der Waals surface area (Å²) < 4.78 is 0. The molecule has 0 bridgehead atoms. The number of hydrogen-bond acceptors (Lipinski definition) is 5. The van der Waals surface area contributed by atoms with E-state index in [1.54, 1.807) is 0 Å². The molecule has 10 heteroatoms.